The molecule has 0 bridgehead atoms. The van der Waals surface area contributed by atoms with Gasteiger partial charge in [-0.3, -0.25) is 9.59 Å². The SMILES string of the molecule is COc1ccccc1SCC(=O)N1CCN(C=O)CC1. The molecule has 20 heavy (non-hydrogen) atoms. The molecule has 1 aliphatic rings. The topological polar surface area (TPSA) is 49.9 Å². The van der Waals surface area contributed by atoms with E-state index in [1.807, 2.05) is 29.2 Å². The number of para-hydroxylation sites is 1. The number of rotatable bonds is 5. The van der Waals surface area contributed by atoms with Gasteiger partial charge in [0.2, 0.25) is 12.3 Å². The first kappa shape index (κ1) is 14.7. The molecule has 108 valence electrons. The molecule has 6 heteroatoms. The molecule has 1 aromatic carbocycles. The highest BCUT2D eigenvalue weighted by atomic mass is 32.2. The average molecular weight is 294 g/mol. The third-order valence-corrected chi connectivity index (χ3v) is 4.28. The molecule has 0 unspecified atom stereocenters. The van der Waals surface area contributed by atoms with Crippen LogP contribution in [0.25, 0.3) is 0 Å². The minimum Gasteiger partial charge on any atom is -0.496 e. The minimum atomic E-state index is 0.103. The lowest BCUT2D eigenvalue weighted by Gasteiger charge is -2.32. The van der Waals surface area contributed by atoms with E-state index in [0.29, 0.717) is 31.9 Å². The van der Waals surface area contributed by atoms with E-state index >= 15 is 0 Å². The number of carbonyl (C=O) groups is 2. The number of amides is 2. The van der Waals surface area contributed by atoms with Gasteiger partial charge < -0.3 is 14.5 Å². The number of carbonyl (C=O) groups excluding carboxylic acids is 2. The molecule has 0 atom stereocenters. The number of ether oxygens (including phenoxy) is 1. The van der Waals surface area contributed by atoms with Crippen LogP contribution in [0.4, 0.5) is 0 Å². The van der Waals surface area contributed by atoms with Crippen LogP contribution in [0.5, 0.6) is 5.75 Å². The van der Waals surface area contributed by atoms with E-state index in [2.05, 4.69) is 0 Å². The smallest absolute Gasteiger partial charge is 0.233 e. The van der Waals surface area contributed by atoms with Gasteiger partial charge in [0.05, 0.1) is 12.9 Å². The van der Waals surface area contributed by atoms with Crippen LogP contribution in [0.2, 0.25) is 0 Å². The maximum Gasteiger partial charge on any atom is 0.233 e. The summed E-state index contributed by atoms with van der Waals surface area (Å²) in [5.74, 6) is 1.28. The quantitative estimate of drug-likeness (QED) is 0.602. The van der Waals surface area contributed by atoms with Crippen LogP contribution < -0.4 is 4.74 Å². The Bertz CT molecular complexity index is 473. The molecule has 1 aromatic rings. The van der Waals surface area contributed by atoms with Crippen LogP contribution in [-0.2, 0) is 9.59 Å². The van der Waals surface area contributed by atoms with Crippen LogP contribution in [0, 0.1) is 0 Å². The molecule has 2 rings (SSSR count). The lowest BCUT2D eigenvalue weighted by atomic mass is 10.3. The number of methoxy groups -OCH3 is 1. The van der Waals surface area contributed by atoms with Crippen molar-refractivity contribution in [2.45, 2.75) is 4.90 Å². The van der Waals surface area contributed by atoms with Crippen molar-refractivity contribution in [1.82, 2.24) is 9.80 Å². The van der Waals surface area contributed by atoms with Crippen molar-refractivity contribution in [3.63, 3.8) is 0 Å². The molecule has 0 radical (unpaired) electrons. The Morgan fingerprint density at radius 1 is 1.30 bits per heavy atom. The lowest BCUT2D eigenvalue weighted by molar-refractivity contribution is -0.132. The molecule has 2 amide bonds. The van der Waals surface area contributed by atoms with Crippen molar-refractivity contribution < 1.29 is 14.3 Å². The monoisotopic (exact) mass is 294 g/mol. The van der Waals surface area contributed by atoms with E-state index in [0.717, 1.165) is 17.1 Å². The van der Waals surface area contributed by atoms with Crippen LogP contribution >= 0.6 is 11.8 Å². The van der Waals surface area contributed by atoms with Gasteiger partial charge >= 0.3 is 0 Å². The zero-order valence-corrected chi connectivity index (χ0v) is 12.3. The molecule has 0 N–H and O–H groups in total. The van der Waals surface area contributed by atoms with Gasteiger partial charge in [0.15, 0.2) is 0 Å². The van der Waals surface area contributed by atoms with Crippen LogP contribution in [0.1, 0.15) is 0 Å². The van der Waals surface area contributed by atoms with Gasteiger partial charge in [-0.05, 0) is 12.1 Å². The first-order chi connectivity index (χ1) is 9.74. The molecule has 0 saturated carbocycles. The molecule has 1 aliphatic heterocycles. The average Bonchev–Trinajstić information content (AvgIpc) is 2.53. The third-order valence-electron chi connectivity index (χ3n) is 3.24. The van der Waals surface area contributed by atoms with Crippen molar-refractivity contribution in [2.24, 2.45) is 0 Å². The molecular formula is C14H18N2O3S. The first-order valence-electron chi connectivity index (χ1n) is 6.47. The summed E-state index contributed by atoms with van der Waals surface area (Å²) in [7, 11) is 1.62. The van der Waals surface area contributed by atoms with Crippen molar-refractivity contribution in [3.8, 4) is 5.75 Å². The Hall–Kier alpha value is -1.69. The first-order valence-corrected chi connectivity index (χ1v) is 7.46. The van der Waals surface area contributed by atoms with E-state index in [9.17, 15) is 9.59 Å². The van der Waals surface area contributed by atoms with Crippen LogP contribution in [0.15, 0.2) is 29.2 Å². The zero-order chi connectivity index (χ0) is 14.4. The van der Waals surface area contributed by atoms with E-state index in [1.165, 1.54) is 11.8 Å². The van der Waals surface area contributed by atoms with Gasteiger partial charge in [-0.15, -0.1) is 11.8 Å². The molecule has 0 aliphatic carbocycles. The summed E-state index contributed by atoms with van der Waals surface area (Å²) in [6, 6.07) is 7.66. The highest BCUT2D eigenvalue weighted by Gasteiger charge is 2.20. The minimum absolute atomic E-state index is 0.103. The molecule has 5 nitrogen and oxygen atoms in total. The standard InChI is InChI=1S/C14H18N2O3S/c1-19-12-4-2-3-5-13(12)20-10-14(18)16-8-6-15(11-17)7-9-16/h2-5,11H,6-10H2,1H3. The fraction of sp³-hybridized carbons (Fsp3) is 0.429. The summed E-state index contributed by atoms with van der Waals surface area (Å²) >= 11 is 1.48. The number of thioether (sulfide) groups is 1. The highest BCUT2D eigenvalue weighted by molar-refractivity contribution is 8.00. The summed E-state index contributed by atoms with van der Waals surface area (Å²) in [4.78, 5) is 27.2. The van der Waals surface area contributed by atoms with Crippen molar-refractivity contribution >= 4 is 24.1 Å². The summed E-state index contributed by atoms with van der Waals surface area (Å²) in [5.41, 5.74) is 0. The lowest BCUT2D eigenvalue weighted by Crippen LogP contribution is -2.48. The van der Waals surface area contributed by atoms with E-state index in [-0.39, 0.29) is 5.91 Å². The maximum absolute atomic E-state index is 12.1. The molecule has 0 aromatic heterocycles. The molecule has 1 fully saturated rings. The second kappa shape index (κ2) is 7.19. The Kier molecular flexibility index (Phi) is 5.29. The van der Waals surface area contributed by atoms with Gasteiger partial charge in [0.1, 0.15) is 5.75 Å². The second-order valence-corrected chi connectivity index (χ2v) is 5.48. The van der Waals surface area contributed by atoms with Crippen molar-refractivity contribution in [3.05, 3.63) is 24.3 Å². The summed E-state index contributed by atoms with van der Waals surface area (Å²) in [6.07, 6.45) is 0.839. The molecular weight excluding hydrogens is 276 g/mol. The predicted molar refractivity (Wildman–Crippen MR) is 77.9 cm³/mol. The fourth-order valence-corrected chi connectivity index (χ4v) is 2.98. The van der Waals surface area contributed by atoms with Crippen molar-refractivity contribution in [1.29, 1.82) is 0 Å². The Morgan fingerprint density at radius 2 is 2.00 bits per heavy atom. The largest absolute Gasteiger partial charge is 0.496 e. The van der Waals surface area contributed by atoms with E-state index < -0.39 is 0 Å². The van der Waals surface area contributed by atoms with Gasteiger partial charge in [-0.1, -0.05) is 12.1 Å². The van der Waals surface area contributed by atoms with E-state index in [1.54, 1.807) is 12.0 Å². The number of hydrogen-bond acceptors (Lipinski definition) is 4. The highest BCUT2D eigenvalue weighted by Crippen LogP contribution is 2.28. The fourth-order valence-electron chi connectivity index (χ4n) is 2.05. The van der Waals surface area contributed by atoms with Crippen molar-refractivity contribution in [2.75, 3.05) is 39.0 Å². The molecule has 1 saturated heterocycles. The summed E-state index contributed by atoms with van der Waals surface area (Å²) < 4.78 is 5.26. The Balaban J connectivity index is 1.85. The predicted octanol–water partition coefficient (Wildman–Crippen LogP) is 1.09. The van der Waals surface area contributed by atoms with Crippen LogP contribution in [-0.4, -0.2) is 61.2 Å². The van der Waals surface area contributed by atoms with Gasteiger partial charge in [-0.25, -0.2) is 0 Å². The number of hydrogen-bond donors (Lipinski definition) is 0. The molecule has 1 heterocycles. The van der Waals surface area contributed by atoms with Gasteiger partial charge in [0, 0.05) is 31.1 Å². The Labute approximate surface area is 122 Å². The van der Waals surface area contributed by atoms with Crippen LogP contribution in [0.3, 0.4) is 0 Å². The zero-order valence-electron chi connectivity index (χ0n) is 11.4. The summed E-state index contributed by atoms with van der Waals surface area (Å²) in [6.45, 7) is 2.47. The summed E-state index contributed by atoms with van der Waals surface area (Å²) in [5, 5.41) is 0. The molecule has 0 spiro atoms. The normalized spacial score (nSPS) is 15.1. The van der Waals surface area contributed by atoms with Gasteiger partial charge in [-0.2, -0.15) is 0 Å². The maximum atomic E-state index is 12.1. The Morgan fingerprint density at radius 3 is 2.65 bits per heavy atom. The number of nitrogens with zero attached hydrogens (tertiary/aromatic N) is 2. The second-order valence-electron chi connectivity index (χ2n) is 4.46. The van der Waals surface area contributed by atoms with Gasteiger partial charge in [0.25, 0.3) is 0 Å². The van der Waals surface area contributed by atoms with E-state index in [4.69, 9.17) is 4.74 Å². The number of piperazine rings is 1. The number of benzene rings is 1. The third kappa shape index (κ3) is 3.66.